The van der Waals surface area contributed by atoms with E-state index in [1.165, 1.54) is 5.56 Å². The van der Waals surface area contributed by atoms with Gasteiger partial charge in [0.1, 0.15) is 11.6 Å². The Morgan fingerprint density at radius 2 is 1.69 bits per heavy atom. The first kappa shape index (κ1) is 26.0. The lowest BCUT2D eigenvalue weighted by Crippen LogP contribution is -2.36. The van der Waals surface area contributed by atoms with E-state index in [1.54, 1.807) is 12.1 Å². The molecule has 0 bridgehead atoms. The number of hydrogen-bond acceptors (Lipinski definition) is 4. The van der Waals surface area contributed by atoms with Crippen molar-refractivity contribution in [3.05, 3.63) is 111 Å². The number of aryl methyl sites for hydroxylation is 1. The molecule has 0 saturated carbocycles. The number of para-hydroxylation sites is 1. The number of nitrogens with zero attached hydrogens (tertiary/aromatic N) is 2. The molecule has 0 saturated heterocycles. The highest BCUT2D eigenvalue weighted by molar-refractivity contribution is 6.35. The summed E-state index contributed by atoms with van der Waals surface area (Å²) in [4.78, 5) is 4.29. The van der Waals surface area contributed by atoms with E-state index in [0.717, 1.165) is 29.9 Å². The first-order valence-electron chi connectivity index (χ1n) is 11.3. The highest BCUT2D eigenvalue weighted by Gasteiger charge is 2.29. The maximum absolute atomic E-state index is 7.00. The zero-order valence-electron chi connectivity index (χ0n) is 19.3. The molecule has 1 heterocycles. The molecule has 1 aliphatic heterocycles. The average Bonchev–Trinajstić information content (AvgIpc) is 3.31. The maximum atomic E-state index is 7.00. The van der Waals surface area contributed by atoms with Gasteiger partial charge in [-0.2, -0.15) is 0 Å². The van der Waals surface area contributed by atoms with Crippen molar-refractivity contribution in [2.45, 2.75) is 25.1 Å². The Labute approximate surface area is 227 Å². The molecule has 3 aromatic rings. The molecule has 4 rings (SSSR count). The minimum absolute atomic E-state index is 0.300. The molecular formula is C27H27Cl4N3O. The summed E-state index contributed by atoms with van der Waals surface area (Å²) < 4.78 is 6.33. The molecule has 0 amide bonds. The van der Waals surface area contributed by atoms with E-state index in [4.69, 9.17) is 51.1 Å². The largest absolute Gasteiger partial charge is 0.383 e. The molecule has 35 heavy (non-hydrogen) atoms. The first-order valence-corrected chi connectivity index (χ1v) is 12.9. The Morgan fingerprint density at radius 1 is 0.943 bits per heavy atom. The van der Waals surface area contributed by atoms with E-state index in [-0.39, 0.29) is 0 Å². The van der Waals surface area contributed by atoms with Gasteiger partial charge in [-0.15, -0.1) is 0 Å². The van der Waals surface area contributed by atoms with Crippen LogP contribution in [-0.2, 0) is 11.3 Å². The van der Waals surface area contributed by atoms with Crippen LogP contribution in [0, 0.1) is 6.92 Å². The lowest BCUT2D eigenvalue weighted by atomic mass is 10.1. The van der Waals surface area contributed by atoms with E-state index in [2.05, 4.69) is 40.4 Å². The summed E-state index contributed by atoms with van der Waals surface area (Å²) in [6, 6.07) is 21.2. The summed E-state index contributed by atoms with van der Waals surface area (Å²) in [5, 5.41) is 5.31. The summed E-state index contributed by atoms with van der Waals surface area (Å²) in [6.07, 6.45) is 3.66. The van der Waals surface area contributed by atoms with Crippen LogP contribution in [0.15, 0.2) is 79.1 Å². The average molecular weight is 551 g/mol. The van der Waals surface area contributed by atoms with Crippen molar-refractivity contribution in [1.29, 1.82) is 0 Å². The van der Waals surface area contributed by atoms with Crippen LogP contribution < -0.4 is 5.32 Å². The highest BCUT2D eigenvalue weighted by atomic mass is 35.5. The molecule has 0 aliphatic carbocycles. The van der Waals surface area contributed by atoms with E-state index in [9.17, 15) is 0 Å². The number of ether oxygens (including phenoxy) is 1. The fourth-order valence-corrected chi connectivity index (χ4v) is 4.81. The van der Waals surface area contributed by atoms with Crippen LogP contribution in [0.5, 0.6) is 0 Å². The Hall–Kier alpha value is -2.08. The zero-order chi connectivity index (χ0) is 24.8. The summed E-state index contributed by atoms with van der Waals surface area (Å²) in [6.45, 7) is 4.74. The molecule has 1 aliphatic rings. The number of hydrogen-bond donors (Lipinski definition) is 1. The fourth-order valence-electron chi connectivity index (χ4n) is 3.87. The molecule has 0 aromatic heterocycles. The van der Waals surface area contributed by atoms with Gasteiger partial charge in [0.05, 0.1) is 13.3 Å². The highest BCUT2D eigenvalue weighted by Crippen LogP contribution is 2.32. The predicted octanol–water partition coefficient (Wildman–Crippen LogP) is 7.94. The Bertz CT molecular complexity index is 1160. The number of halogens is 4. The Balaban J connectivity index is 1.39. The van der Waals surface area contributed by atoms with Crippen molar-refractivity contribution in [1.82, 2.24) is 9.80 Å². The van der Waals surface area contributed by atoms with Crippen LogP contribution >= 0.6 is 46.4 Å². The summed E-state index contributed by atoms with van der Waals surface area (Å²) >= 11 is 25.5. The van der Waals surface area contributed by atoms with Gasteiger partial charge in [0.15, 0.2) is 0 Å². The van der Waals surface area contributed by atoms with Gasteiger partial charge in [0, 0.05) is 46.2 Å². The smallest absolute Gasteiger partial charge is 0.135 e. The van der Waals surface area contributed by atoms with Gasteiger partial charge < -0.3 is 19.9 Å². The van der Waals surface area contributed by atoms with E-state index >= 15 is 0 Å². The third kappa shape index (κ3) is 6.99. The molecule has 0 fully saturated rings. The molecule has 2 unspecified atom stereocenters. The van der Waals surface area contributed by atoms with Gasteiger partial charge in [-0.3, -0.25) is 0 Å². The van der Waals surface area contributed by atoms with Crippen LogP contribution in [0.25, 0.3) is 0 Å². The van der Waals surface area contributed by atoms with Gasteiger partial charge in [0.2, 0.25) is 0 Å². The second-order valence-corrected chi connectivity index (χ2v) is 10.1. The summed E-state index contributed by atoms with van der Waals surface area (Å²) in [7, 11) is 0. The van der Waals surface area contributed by atoms with E-state index in [1.807, 2.05) is 48.7 Å². The van der Waals surface area contributed by atoms with E-state index < -0.39 is 11.6 Å². The topological polar surface area (TPSA) is 27.7 Å². The third-order valence-corrected chi connectivity index (χ3v) is 7.19. The van der Waals surface area contributed by atoms with Crippen molar-refractivity contribution in [3.8, 4) is 0 Å². The minimum atomic E-state index is -0.437. The van der Waals surface area contributed by atoms with Gasteiger partial charge in [-0.1, -0.05) is 82.8 Å². The first-order chi connectivity index (χ1) is 16.9. The van der Waals surface area contributed by atoms with Crippen LogP contribution in [0.3, 0.4) is 0 Å². The number of rotatable bonds is 10. The van der Waals surface area contributed by atoms with Crippen molar-refractivity contribution in [3.63, 3.8) is 0 Å². The van der Waals surface area contributed by atoms with Crippen LogP contribution in [0.4, 0.5) is 5.69 Å². The van der Waals surface area contributed by atoms with Crippen LogP contribution in [-0.4, -0.2) is 35.1 Å². The van der Waals surface area contributed by atoms with Crippen molar-refractivity contribution in [2.24, 2.45) is 0 Å². The third-order valence-electron chi connectivity index (χ3n) is 5.87. The minimum Gasteiger partial charge on any atom is -0.383 e. The summed E-state index contributed by atoms with van der Waals surface area (Å²) in [5.41, 5.74) is 3.73. The molecule has 1 N–H and O–H groups in total. The molecular weight excluding hydrogens is 524 g/mol. The standard InChI is InChI=1S/C27H27Cl4N3O/c1-19-4-2-3-5-25(19)32-12-13-33-14-15-34(18-33)27(31)26(20-6-9-22(28)10-7-20)35-17-21-8-11-23(29)16-24(21)30/h2-11,14-16,26-27,32H,12-13,17-18H2,1H3. The normalized spacial score (nSPS) is 14.9. The molecule has 0 spiro atoms. The predicted molar refractivity (Wildman–Crippen MR) is 147 cm³/mol. The van der Waals surface area contributed by atoms with Crippen LogP contribution in [0.1, 0.15) is 22.8 Å². The molecule has 3 aromatic carbocycles. The molecule has 2 atom stereocenters. The van der Waals surface area contributed by atoms with Crippen LogP contribution in [0.2, 0.25) is 15.1 Å². The monoisotopic (exact) mass is 549 g/mol. The number of benzene rings is 3. The maximum Gasteiger partial charge on any atom is 0.135 e. The number of nitrogens with one attached hydrogen (secondary N) is 1. The lowest BCUT2D eigenvalue weighted by Gasteiger charge is -2.31. The van der Waals surface area contributed by atoms with E-state index in [0.29, 0.717) is 28.3 Å². The zero-order valence-corrected chi connectivity index (χ0v) is 22.3. The second kappa shape index (κ2) is 12.2. The fraction of sp³-hybridized carbons (Fsp3) is 0.259. The van der Waals surface area contributed by atoms with Crippen molar-refractivity contribution in [2.75, 3.05) is 25.1 Å². The lowest BCUT2D eigenvalue weighted by molar-refractivity contribution is 0.00697. The SMILES string of the molecule is Cc1ccccc1NCCN1C=CN(C(Cl)C(OCc2ccc(Cl)cc2Cl)c2ccc(Cl)cc2)C1. The van der Waals surface area contributed by atoms with Gasteiger partial charge in [-0.25, -0.2) is 0 Å². The Kier molecular flexibility index (Phi) is 9.10. The van der Waals surface area contributed by atoms with Crippen molar-refractivity contribution >= 4 is 52.1 Å². The molecule has 184 valence electrons. The molecule has 0 radical (unpaired) electrons. The quantitative estimate of drug-likeness (QED) is 0.205. The second-order valence-electron chi connectivity index (χ2n) is 8.40. The van der Waals surface area contributed by atoms with Gasteiger partial charge in [0.25, 0.3) is 0 Å². The number of alkyl halides is 1. The number of anilines is 1. The summed E-state index contributed by atoms with van der Waals surface area (Å²) in [5.74, 6) is 0. The van der Waals surface area contributed by atoms with Gasteiger partial charge in [-0.05, 0) is 53.9 Å². The Morgan fingerprint density at radius 3 is 2.43 bits per heavy atom. The molecule has 4 nitrogen and oxygen atoms in total. The van der Waals surface area contributed by atoms with Crippen molar-refractivity contribution < 1.29 is 4.74 Å². The molecule has 8 heteroatoms. The van der Waals surface area contributed by atoms with Gasteiger partial charge >= 0.3 is 0 Å².